The van der Waals surface area contributed by atoms with Crippen LogP contribution in [0.5, 0.6) is 0 Å². The number of hydrogen-bond acceptors (Lipinski definition) is 2. The second-order valence-electron chi connectivity index (χ2n) is 2.43. The van der Waals surface area contributed by atoms with Crippen molar-refractivity contribution in [1.29, 1.82) is 0 Å². The van der Waals surface area contributed by atoms with Gasteiger partial charge in [0, 0.05) is 5.56 Å². The lowest BCUT2D eigenvalue weighted by molar-refractivity contribution is 1.10. The maximum atomic E-state index is 5.93. The molecular formula is C8H5Cl2N3. The molecule has 0 spiro atoms. The van der Waals surface area contributed by atoms with Gasteiger partial charge in [-0.1, -0.05) is 23.7 Å². The van der Waals surface area contributed by atoms with Crippen molar-refractivity contribution >= 4 is 23.2 Å². The van der Waals surface area contributed by atoms with Gasteiger partial charge in [0.2, 0.25) is 5.28 Å². The Kier molecular flexibility index (Phi) is 2.20. The van der Waals surface area contributed by atoms with Crippen LogP contribution in [0, 0.1) is 0 Å². The molecule has 0 saturated heterocycles. The van der Waals surface area contributed by atoms with Gasteiger partial charge in [0.15, 0.2) is 5.82 Å². The zero-order valence-electron chi connectivity index (χ0n) is 6.46. The molecule has 2 aromatic rings. The van der Waals surface area contributed by atoms with Crippen molar-refractivity contribution in [1.82, 2.24) is 15.2 Å². The summed E-state index contributed by atoms with van der Waals surface area (Å²) in [6.07, 6.45) is 0. The van der Waals surface area contributed by atoms with E-state index in [0.29, 0.717) is 10.8 Å². The third-order valence-corrected chi connectivity index (χ3v) is 2.07. The molecule has 66 valence electrons. The van der Waals surface area contributed by atoms with Crippen molar-refractivity contribution in [3.8, 4) is 11.4 Å². The lowest BCUT2D eigenvalue weighted by Gasteiger charge is -1.96. The Hall–Kier alpha value is -1.06. The third-order valence-electron chi connectivity index (χ3n) is 1.57. The zero-order valence-corrected chi connectivity index (χ0v) is 7.97. The van der Waals surface area contributed by atoms with Crippen molar-refractivity contribution in [2.45, 2.75) is 0 Å². The van der Waals surface area contributed by atoms with Gasteiger partial charge in [-0.3, -0.25) is 0 Å². The molecule has 0 unspecified atom stereocenters. The summed E-state index contributed by atoms with van der Waals surface area (Å²) in [6.45, 7) is 0. The summed E-state index contributed by atoms with van der Waals surface area (Å²) < 4.78 is 0. The molecule has 0 radical (unpaired) electrons. The molecule has 1 heterocycles. The smallest absolute Gasteiger partial charge is 0.218 e. The van der Waals surface area contributed by atoms with Crippen molar-refractivity contribution in [3.63, 3.8) is 0 Å². The van der Waals surface area contributed by atoms with Crippen LogP contribution in [0.3, 0.4) is 0 Å². The first-order valence-corrected chi connectivity index (χ1v) is 4.36. The maximum absolute atomic E-state index is 5.93. The van der Waals surface area contributed by atoms with Crippen LogP contribution in [0.15, 0.2) is 24.3 Å². The number of benzene rings is 1. The van der Waals surface area contributed by atoms with Crippen molar-refractivity contribution in [3.05, 3.63) is 34.6 Å². The van der Waals surface area contributed by atoms with Gasteiger partial charge >= 0.3 is 0 Å². The summed E-state index contributed by atoms with van der Waals surface area (Å²) in [7, 11) is 0. The van der Waals surface area contributed by atoms with E-state index in [1.165, 1.54) is 0 Å². The minimum atomic E-state index is 0.259. The van der Waals surface area contributed by atoms with Crippen molar-refractivity contribution < 1.29 is 0 Å². The van der Waals surface area contributed by atoms with Gasteiger partial charge in [-0.15, -0.1) is 0 Å². The van der Waals surface area contributed by atoms with E-state index in [-0.39, 0.29) is 5.28 Å². The Balaban J connectivity index is 2.52. The largest absolute Gasteiger partial charge is 0.249 e. The maximum Gasteiger partial charge on any atom is 0.218 e. The summed E-state index contributed by atoms with van der Waals surface area (Å²) in [6, 6.07) is 7.33. The van der Waals surface area contributed by atoms with Crippen LogP contribution in [-0.2, 0) is 0 Å². The summed E-state index contributed by atoms with van der Waals surface area (Å²) in [4.78, 5) is 3.96. The second-order valence-corrected chi connectivity index (χ2v) is 3.19. The van der Waals surface area contributed by atoms with Crippen LogP contribution in [0.25, 0.3) is 11.4 Å². The number of aromatic amines is 1. The molecule has 0 aliphatic carbocycles. The Morgan fingerprint density at radius 3 is 2.54 bits per heavy atom. The number of halogens is 2. The highest BCUT2D eigenvalue weighted by Crippen LogP contribution is 2.24. The highest BCUT2D eigenvalue weighted by molar-refractivity contribution is 6.33. The average molecular weight is 214 g/mol. The molecule has 0 aliphatic rings. The molecule has 0 atom stereocenters. The molecule has 1 aromatic heterocycles. The normalized spacial score (nSPS) is 10.3. The predicted octanol–water partition coefficient (Wildman–Crippen LogP) is 2.78. The van der Waals surface area contributed by atoms with Gasteiger partial charge in [-0.25, -0.2) is 5.10 Å². The molecule has 3 nitrogen and oxygen atoms in total. The van der Waals surface area contributed by atoms with Crippen LogP contribution in [-0.4, -0.2) is 15.2 Å². The molecule has 0 fully saturated rings. The Morgan fingerprint density at radius 2 is 1.92 bits per heavy atom. The molecule has 5 heteroatoms. The molecular weight excluding hydrogens is 209 g/mol. The van der Waals surface area contributed by atoms with Crippen LogP contribution in [0.2, 0.25) is 10.3 Å². The number of aromatic nitrogens is 3. The lowest BCUT2D eigenvalue weighted by atomic mass is 10.2. The summed E-state index contributed by atoms with van der Waals surface area (Å²) in [5.41, 5.74) is 0.771. The van der Waals surface area contributed by atoms with Crippen molar-refractivity contribution in [2.75, 3.05) is 0 Å². The van der Waals surface area contributed by atoms with Crippen LogP contribution in [0.1, 0.15) is 0 Å². The number of H-pyrrole nitrogens is 1. The highest BCUT2D eigenvalue weighted by atomic mass is 35.5. The first-order valence-electron chi connectivity index (χ1n) is 3.60. The fourth-order valence-electron chi connectivity index (χ4n) is 1.01. The first-order chi connectivity index (χ1) is 6.27. The molecule has 0 saturated carbocycles. The first kappa shape index (κ1) is 8.53. The van der Waals surface area contributed by atoms with Gasteiger partial charge < -0.3 is 0 Å². The fraction of sp³-hybridized carbons (Fsp3) is 0. The van der Waals surface area contributed by atoms with Crippen LogP contribution >= 0.6 is 23.2 Å². The van der Waals surface area contributed by atoms with E-state index in [2.05, 4.69) is 15.2 Å². The fourth-order valence-corrected chi connectivity index (χ4v) is 1.35. The van der Waals surface area contributed by atoms with E-state index < -0.39 is 0 Å². The molecule has 13 heavy (non-hydrogen) atoms. The van der Waals surface area contributed by atoms with E-state index in [1.54, 1.807) is 6.07 Å². The lowest BCUT2D eigenvalue weighted by Crippen LogP contribution is -1.81. The second kappa shape index (κ2) is 3.36. The van der Waals surface area contributed by atoms with E-state index >= 15 is 0 Å². The number of nitrogens with zero attached hydrogens (tertiary/aromatic N) is 2. The van der Waals surface area contributed by atoms with Gasteiger partial charge in [0.25, 0.3) is 0 Å². The summed E-state index contributed by atoms with van der Waals surface area (Å²) in [5, 5.41) is 7.30. The van der Waals surface area contributed by atoms with Gasteiger partial charge in [-0.05, 0) is 23.7 Å². The van der Waals surface area contributed by atoms with E-state index in [9.17, 15) is 0 Å². The molecule has 0 bridgehead atoms. The van der Waals surface area contributed by atoms with E-state index in [4.69, 9.17) is 23.2 Å². The zero-order chi connectivity index (χ0) is 9.26. The standard InChI is InChI=1S/C8H5Cl2N3/c9-6-4-2-1-3-5(6)7-11-8(10)13-12-7/h1-4H,(H,11,12,13). The van der Waals surface area contributed by atoms with Crippen LogP contribution < -0.4 is 0 Å². The molecule has 2 rings (SSSR count). The van der Waals surface area contributed by atoms with E-state index in [0.717, 1.165) is 5.56 Å². The quantitative estimate of drug-likeness (QED) is 0.792. The molecule has 1 N–H and O–H groups in total. The Labute approximate surface area is 84.7 Å². The summed E-state index contributed by atoms with van der Waals surface area (Å²) >= 11 is 11.5. The topological polar surface area (TPSA) is 41.6 Å². The summed E-state index contributed by atoms with van der Waals surface area (Å²) in [5.74, 6) is 0.510. The predicted molar refractivity (Wildman–Crippen MR) is 51.8 cm³/mol. The average Bonchev–Trinajstić information content (AvgIpc) is 2.53. The molecule has 1 aromatic carbocycles. The SMILES string of the molecule is Clc1nc(-c2ccccc2Cl)n[nH]1. The minimum absolute atomic E-state index is 0.259. The number of nitrogens with one attached hydrogen (secondary N) is 1. The monoisotopic (exact) mass is 213 g/mol. The Morgan fingerprint density at radius 1 is 1.15 bits per heavy atom. The van der Waals surface area contributed by atoms with Gasteiger partial charge in [0.05, 0.1) is 5.02 Å². The minimum Gasteiger partial charge on any atom is -0.249 e. The van der Waals surface area contributed by atoms with Gasteiger partial charge in [-0.2, -0.15) is 10.1 Å². The molecule has 0 aliphatic heterocycles. The third kappa shape index (κ3) is 1.66. The number of rotatable bonds is 1. The van der Waals surface area contributed by atoms with Crippen molar-refractivity contribution in [2.24, 2.45) is 0 Å². The Bertz CT molecular complexity index is 425. The highest BCUT2D eigenvalue weighted by Gasteiger charge is 2.07. The number of hydrogen-bond donors (Lipinski definition) is 1. The van der Waals surface area contributed by atoms with Crippen LogP contribution in [0.4, 0.5) is 0 Å². The van der Waals surface area contributed by atoms with Gasteiger partial charge in [0.1, 0.15) is 0 Å². The van der Waals surface area contributed by atoms with E-state index in [1.807, 2.05) is 18.2 Å². The molecule has 0 amide bonds.